The molecule has 1 aromatic rings. The van der Waals surface area contributed by atoms with Gasteiger partial charge in [0.05, 0.1) is 6.54 Å². The summed E-state index contributed by atoms with van der Waals surface area (Å²) in [5.74, 6) is -0.590. The summed E-state index contributed by atoms with van der Waals surface area (Å²) in [6.07, 6.45) is -1.16. The molecule has 1 aromatic carbocycles. The first-order valence-corrected chi connectivity index (χ1v) is 10.0. The number of amides is 2. The molecule has 0 N–H and O–H groups in total. The predicted octanol–water partition coefficient (Wildman–Crippen LogP) is 3.59. The van der Waals surface area contributed by atoms with Gasteiger partial charge < -0.3 is 19.1 Å². The summed E-state index contributed by atoms with van der Waals surface area (Å²) in [5, 5.41) is 0. The van der Waals surface area contributed by atoms with E-state index >= 15 is 0 Å². The van der Waals surface area contributed by atoms with E-state index in [9.17, 15) is 14.4 Å². The van der Waals surface area contributed by atoms with Crippen molar-refractivity contribution in [2.24, 2.45) is 0 Å². The molecule has 0 unspecified atom stereocenters. The summed E-state index contributed by atoms with van der Waals surface area (Å²) in [5.41, 5.74) is -0.554. The van der Waals surface area contributed by atoms with E-state index in [0.29, 0.717) is 0 Å². The van der Waals surface area contributed by atoms with Crippen LogP contribution in [0.3, 0.4) is 0 Å². The van der Waals surface area contributed by atoms with Gasteiger partial charge in [0.25, 0.3) is 0 Å². The Labute approximate surface area is 178 Å². The number of piperazine rings is 1. The number of hydrogen-bond acceptors (Lipinski definition) is 6. The van der Waals surface area contributed by atoms with Crippen molar-refractivity contribution in [1.29, 1.82) is 0 Å². The van der Waals surface area contributed by atoms with Gasteiger partial charge in [-0.2, -0.15) is 0 Å². The molecule has 0 bridgehead atoms. The van der Waals surface area contributed by atoms with E-state index in [1.54, 1.807) is 41.5 Å². The summed E-state index contributed by atoms with van der Waals surface area (Å²) in [7, 11) is 0. The molecule has 1 aliphatic rings. The van der Waals surface area contributed by atoms with Crippen LogP contribution in [0.5, 0.6) is 0 Å². The maximum Gasteiger partial charge on any atom is 0.410 e. The molecule has 166 valence electrons. The lowest BCUT2D eigenvalue weighted by atomic mass is 10.1. The third kappa shape index (κ3) is 7.24. The second kappa shape index (κ2) is 9.36. The SMILES string of the molecule is CC(C)(C)OC(=O)[C@@H]1CN(C(=O)OC(C)(C)C)CCN1C(=O)OCc1ccccc1. The van der Waals surface area contributed by atoms with Crippen LogP contribution >= 0.6 is 0 Å². The van der Waals surface area contributed by atoms with Gasteiger partial charge in [-0.25, -0.2) is 14.4 Å². The molecular weight excluding hydrogens is 388 g/mol. The van der Waals surface area contributed by atoms with Gasteiger partial charge in [-0.15, -0.1) is 0 Å². The number of nitrogens with zero attached hydrogens (tertiary/aromatic N) is 2. The van der Waals surface area contributed by atoms with Crippen LogP contribution in [-0.4, -0.2) is 64.8 Å². The molecule has 30 heavy (non-hydrogen) atoms. The zero-order chi connectivity index (χ0) is 22.5. The van der Waals surface area contributed by atoms with Crippen molar-refractivity contribution in [2.45, 2.75) is 65.4 Å². The van der Waals surface area contributed by atoms with E-state index in [2.05, 4.69) is 0 Å². The topological polar surface area (TPSA) is 85.4 Å². The number of benzene rings is 1. The summed E-state index contributed by atoms with van der Waals surface area (Å²) in [6, 6.07) is 8.30. The molecule has 1 heterocycles. The van der Waals surface area contributed by atoms with Gasteiger partial charge in [0.15, 0.2) is 6.04 Å². The highest BCUT2D eigenvalue weighted by atomic mass is 16.6. The normalized spacial score (nSPS) is 17.3. The molecule has 1 atom stereocenters. The average molecular weight is 421 g/mol. The first kappa shape index (κ1) is 23.5. The highest BCUT2D eigenvalue weighted by molar-refractivity contribution is 5.83. The van der Waals surface area contributed by atoms with Crippen molar-refractivity contribution >= 4 is 18.2 Å². The summed E-state index contributed by atoms with van der Waals surface area (Å²) in [4.78, 5) is 40.7. The molecule has 1 aliphatic heterocycles. The smallest absolute Gasteiger partial charge is 0.410 e. The lowest BCUT2D eigenvalue weighted by Gasteiger charge is -2.40. The fraction of sp³-hybridized carbons (Fsp3) is 0.591. The quantitative estimate of drug-likeness (QED) is 0.549. The zero-order valence-corrected chi connectivity index (χ0v) is 18.6. The molecule has 8 heteroatoms. The number of ether oxygens (including phenoxy) is 3. The Kier molecular flexibility index (Phi) is 7.34. The Hall–Kier alpha value is -2.77. The van der Waals surface area contributed by atoms with E-state index < -0.39 is 35.4 Å². The van der Waals surface area contributed by atoms with Crippen LogP contribution in [0.4, 0.5) is 9.59 Å². The molecule has 0 aromatic heterocycles. The van der Waals surface area contributed by atoms with Crippen molar-refractivity contribution in [1.82, 2.24) is 9.80 Å². The first-order chi connectivity index (χ1) is 13.9. The summed E-state index contributed by atoms with van der Waals surface area (Å²) >= 11 is 0. The lowest BCUT2D eigenvalue weighted by molar-refractivity contribution is -0.162. The summed E-state index contributed by atoms with van der Waals surface area (Å²) in [6.45, 7) is 11.0. The number of carbonyl (C=O) groups excluding carboxylic acids is 3. The third-order valence-electron chi connectivity index (χ3n) is 4.15. The molecule has 1 fully saturated rings. The van der Waals surface area contributed by atoms with Crippen LogP contribution in [0.15, 0.2) is 30.3 Å². The van der Waals surface area contributed by atoms with Gasteiger partial charge >= 0.3 is 18.2 Å². The molecule has 8 nitrogen and oxygen atoms in total. The van der Waals surface area contributed by atoms with Crippen LogP contribution in [0.25, 0.3) is 0 Å². The standard InChI is InChI=1S/C22H32N2O6/c1-21(2,3)29-18(25)17-14-23(19(26)30-22(4,5)6)12-13-24(17)20(27)28-15-16-10-8-7-9-11-16/h7-11,17H,12-15H2,1-6H3/t17-/m0/s1. The van der Waals surface area contributed by atoms with Gasteiger partial charge in [-0.3, -0.25) is 4.90 Å². The Morgan fingerprint density at radius 3 is 2.07 bits per heavy atom. The fourth-order valence-corrected chi connectivity index (χ4v) is 2.87. The molecule has 0 aliphatic carbocycles. The van der Waals surface area contributed by atoms with Crippen LogP contribution in [0.1, 0.15) is 47.1 Å². The number of esters is 1. The Morgan fingerprint density at radius 1 is 0.900 bits per heavy atom. The fourth-order valence-electron chi connectivity index (χ4n) is 2.87. The van der Waals surface area contributed by atoms with Crippen molar-refractivity contribution in [2.75, 3.05) is 19.6 Å². The minimum atomic E-state index is -0.978. The average Bonchev–Trinajstić information content (AvgIpc) is 2.63. The first-order valence-electron chi connectivity index (χ1n) is 10.0. The van der Waals surface area contributed by atoms with Gasteiger partial charge in [-0.1, -0.05) is 30.3 Å². The van der Waals surface area contributed by atoms with E-state index in [1.165, 1.54) is 9.80 Å². The molecule has 2 rings (SSSR count). The van der Waals surface area contributed by atoms with Gasteiger partial charge in [0.2, 0.25) is 0 Å². The molecule has 0 spiro atoms. The predicted molar refractivity (Wildman–Crippen MR) is 111 cm³/mol. The Morgan fingerprint density at radius 2 is 1.50 bits per heavy atom. The monoisotopic (exact) mass is 420 g/mol. The molecular formula is C22H32N2O6. The maximum absolute atomic E-state index is 12.8. The van der Waals surface area contributed by atoms with E-state index in [0.717, 1.165) is 5.56 Å². The lowest BCUT2D eigenvalue weighted by Crippen LogP contribution is -2.60. The van der Waals surface area contributed by atoms with Crippen molar-refractivity contribution in [3.63, 3.8) is 0 Å². The molecule has 1 saturated heterocycles. The van der Waals surface area contributed by atoms with Crippen molar-refractivity contribution in [3.05, 3.63) is 35.9 Å². The third-order valence-corrected chi connectivity index (χ3v) is 4.15. The Bertz CT molecular complexity index is 751. The Balaban J connectivity index is 2.11. The van der Waals surface area contributed by atoms with Crippen LogP contribution in [0.2, 0.25) is 0 Å². The largest absolute Gasteiger partial charge is 0.458 e. The number of carbonyl (C=O) groups is 3. The van der Waals surface area contributed by atoms with Crippen LogP contribution < -0.4 is 0 Å². The highest BCUT2D eigenvalue weighted by Crippen LogP contribution is 2.19. The second-order valence-electron chi connectivity index (χ2n) is 9.21. The zero-order valence-electron chi connectivity index (χ0n) is 18.6. The van der Waals surface area contributed by atoms with Gasteiger partial charge in [-0.05, 0) is 47.1 Å². The second-order valence-corrected chi connectivity index (χ2v) is 9.21. The van der Waals surface area contributed by atoms with Crippen molar-refractivity contribution in [3.8, 4) is 0 Å². The van der Waals surface area contributed by atoms with Crippen LogP contribution in [0, 0.1) is 0 Å². The van der Waals surface area contributed by atoms with E-state index in [4.69, 9.17) is 14.2 Å². The van der Waals surface area contributed by atoms with Crippen molar-refractivity contribution < 1.29 is 28.6 Å². The van der Waals surface area contributed by atoms with Gasteiger partial charge in [0.1, 0.15) is 17.8 Å². The maximum atomic E-state index is 12.8. The minimum Gasteiger partial charge on any atom is -0.458 e. The molecule has 0 radical (unpaired) electrons. The van der Waals surface area contributed by atoms with Crippen LogP contribution in [-0.2, 0) is 25.6 Å². The number of rotatable bonds is 3. The number of hydrogen-bond donors (Lipinski definition) is 0. The van der Waals surface area contributed by atoms with Gasteiger partial charge in [0, 0.05) is 13.1 Å². The molecule has 2 amide bonds. The minimum absolute atomic E-state index is 0.0235. The van der Waals surface area contributed by atoms with E-state index in [-0.39, 0.29) is 26.2 Å². The molecule has 0 saturated carbocycles. The van der Waals surface area contributed by atoms with E-state index in [1.807, 2.05) is 30.3 Å². The highest BCUT2D eigenvalue weighted by Gasteiger charge is 2.41. The summed E-state index contributed by atoms with van der Waals surface area (Å²) < 4.78 is 16.3.